The van der Waals surface area contributed by atoms with Crippen LogP contribution in [0.2, 0.25) is 0 Å². The van der Waals surface area contributed by atoms with Gasteiger partial charge in [-0.15, -0.1) is 0 Å². The van der Waals surface area contributed by atoms with E-state index in [4.69, 9.17) is 9.47 Å². The summed E-state index contributed by atoms with van der Waals surface area (Å²) in [5.41, 5.74) is 2.15. The number of rotatable bonds is 3. The van der Waals surface area contributed by atoms with Crippen LogP contribution in [0.4, 0.5) is 4.39 Å². The fourth-order valence-electron chi connectivity index (χ4n) is 2.18. The highest BCUT2D eigenvalue weighted by molar-refractivity contribution is 9.10. The predicted molar refractivity (Wildman–Crippen MR) is 81.8 cm³/mol. The van der Waals surface area contributed by atoms with Crippen LogP contribution in [0.3, 0.4) is 0 Å². The molecule has 1 heterocycles. The molecule has 2 aromatic rings. The first-order chi connectivity index (χ1) is 9.63. The maximum Gasteiger partial charge on any atom is 0.141 e. The van der Waals surface area contributed by atoms with E-state index >= 15 is 0 Å². The van der Waals surface area contributed by atoms with Crippen LogP contribution in [-0.2, 0) is 13.0 Å². The van der Waals surface area contributed by atoms with Gasteiger partial charge >= 0.3 is 0 Å². The Morgan fingerprint density at radius 1 is 1.20 bits per heavy atom. The summed E-state index contributed by atoms with van der Waals surface area (Å²) < 4.78 is 26.1. The van der Waals surface area contributed by atoms with Crippen LogP contribution in [0.5, 0.6) is 11.5 Å². The van der Waals surface area contributed by atoms with Crippen LogP contribution in [0, 0.1) is 5.82 Å². The molecule has 0 unspecified atom stereocenters. The molecular formula is C15H11Br2FO2. The van der Waals surface area contributed by atoms with Gasteiger partial charge < -0.3 is 9.47 Å². The van der Waals surface area contributed by atoms with Crippen molar-refractivity contribution in [3.05, 3.63) is 56.2 Å². The van der Waals surface area contributed by atoms with E-state index in [0.717, 1.165) is 22.2 Å². The van der Waals surface area contributed by atoms with E-state index in [1.54, 1.807) is 12.1 Å². The molecule has 0 radical (unpaired) electrons. The van der Waals surface area contributed by atoms with Crippen molar-refractivity contribution in [1.29, 1.82) is 0 Å². The van der Waals surface area contributed by atoms with Crippen molar-refractivity contribution in [3.8, 4) is 11.5 Å². The number of ether oxygens (including phenoxy) is 2. The third-order valence-corrected chi connectivity index (χ3v) is 4.21. The molecular weight excluding hydrogens is 391 g/mol. The Morgan fingerprint density at radius 3 is 2.85 bits per heavy atom. The van der Waals surface area contributed by atoms with Crippen molar-refractivity contribution in [1.82, 2.24) is 0 Å². The van der Waals surface area contributed by atoms with Crippen molar-refractivity contribution in [2.24, 2.45) is 0 Å². The Hall–Kier alpha value is -1.07. The molecule has 0 aliphatic carbocycles. The number of hydrogen-bond acceptors (Lipinski definition) is 2. The van der Waals surface area contributed by atoms with Crippen LogP contribution in [0.1, 0.15) is 11.1 Å². The summed E-state index contributed by atoms with van der Waals surface area (Å²) >= 11 is 6.60. The first-order valence-electron chi connectivity index (χ1n) is 6.15. The topological polar surface area (TPSA) is 18.5 Å². The summed E-state index contributed by atoms with van der Waals surface area (Å²) in [6.07, 6.45) is 0.911. The fraction of sp³-hybridized carbons (Fsp3) is 0.200. The van der Waals surface area contributed by atoms with Crippen LogP contribution in [-0.4, -0.2) is 6.61 Å². The van der Waals surface area contributed by atoms with Gasteiger partial charge in [0.25, 0.3) is 0 Å². The van der Waals surface area contributed by atoms with Crippen LogP contribution in [0.25, 0.3) is 0 Å². The van der Waals surface area contributed by atoms with Gasteiger partial charge in [0.05, 0.1) is 11.1 Å². The second-order valence-corrected chi connectivity index (χ2v) is 6.29. The van der Waals surface area contributed by atoms with Gasteiger partial charge in [0, 0.05) is 22.5 Å². The zero-order valence-electron chi connectivity index (χ0n) is 10.5. The standard InChI is InChI=1S/C15H11Br2FO2/c16-11-5-9-3-4-19-15(9)10(6-11)8-20-12-1-2-13(17)14(18)7-12/h1-2,5-7H,3-4,8H2. The predicted octanol–water partition coefficient (Wildman–Crippen LogP) is 4.86. The smallest absolute Gasteiger partial charge is 0.141 e. The van der Waals surface area contributed by atoms with E-state index in [2.05, 4.69) is 37.9 Å². The molecule has 20 heavy (non-hydrogen) atoms. The van der Waals surface area contributed by atoms with Gasteiger partial charge in [0.15, 0.2) is 0 Å². The maximum absolute atomic E-state index is 13.4. The van der Waals surface area contributed by atoms with Gasteiger partial charge in [0.2, 0.25) is 0 Å². The number of benzene rings is 2. The Balaban J connectivity index is 1.80. The van der Waals surface area contributed by atoms with Gasteiger partial charge in [0.1, 0.15) is 23.9 Å². The molecule has 2 nitrogen and oxygen atoms in total. The largest absolute Gasteiger partial charge is 0.493 e. The van der Waals surface area contributed by atoms with E-state index in [0.29, 0.717) is 23.4 Å². The molecule has 0 amide bonds. The normalized spacial score (nSPS) is 12.9. The number of halogens is 3. The molecule has 0 fully saturated rings. The maximum atomic E-state index is 13.4. The summed E-state index contributed by atoms with van der Waals surface area (Å²) in [7, 11) is 0. The van der Waals surface area contributed by atoms with Crippen LogP contribution < -0.4 is 9.47 Å². The third-order valence-electron chi connectivity index (χ3n) is 3.11. The van der Waals surface area contributed by atoms with Gasteiger partial charge in [-0.05, 0) is 45.8 Å². The van der Waals surface area contributed by atoms with Crippen molar-refractivity contribution in [2.45, 2.75) is 13.0 Å². The minimum atomic E-state index is -0.335. The molecule has 0 saturated heterocycles. The molecule has 2 aromatic carbocycles. The summed E-state index contributed by atoms with van der Waals surface area (Å²) in [6.45, 7) is 1.05. The van der Waals surface area contributed by atoms with Crippen LogP contribution >= 0.6 is 31.9 Å². The minimum absolute atomic E-state index is 0.335. The molecule has 0 N–H and O–H groups in total. The monoisotopic (exact) mass is 400 g/mol. The lowest BCUT2D eigenvalue weighted by Gasteiger charge is -2.11. The lowest BCUT2D eigenvalue weighted by Crippen LogP contribution is -1.99. The molecule has 104 valence electrons. The molecule has 1 aliphatic rings. The first kappa shape index (κ1) is 13.9. The van der Waals surface area contributed by atoms with E-state index in [1.165, 1.54) is 11.6 Å². The van der Waals surface area contributed by atoms with Gasteiger partial charge in [-0.2, -0.15) is 0 Å². The molecule has 3 rings (SSSR count). The first-order valence-corrected chi connectivity index (χ1v) is 7.74. The van der Waals surface area contributed by atoms with Crippen molar-refractivity contribution < 1.29 is 13.9 Å². The molecule has 0 aromatic heterocycles. The van der Waals surface area contributed by atoms with Gasteiger partial charge in [-0.3, -0.25) is 0 Å². The van der Waals surface area contributed by atoms with Gasteiger partial charge in [-0.1, -0.05) is 15.9 Å². The van der Waals surface area contributed by atoms with Crippen molar-refractivity contribution in [3.63, 3.8) is 0 Å². The van der Waals surface area contributed by atoms with Crippen molar-refractivity contribution in [2.75, 3.05) is 6.61 Å². The summed E-state index contributed by atoms with van der Waals surface area (Å²) in [5.74, 6) is 1.06. The quantitative estimate of drug-likeness (QED) is 0.730. The summed E-state index contributed by atoms with van der Waals surface area (Å²) in [6, 6.07) is 8.76. The molecule has 1 aliphatic heterocycles. The number of fused-ring (bicyclic) bond motifs is 1. The second-order valence-electron chi connectivity index (χ2n) is 4.52. The Bertz CT molecular complexity index is 659. The van der Waals surface area contributed by atoms with E-state index < -0.39 is 0 Å². The van der Waals surface area contributed by atoms with E-state index in [1.807, 2.05) is 6.07 Å². The summed E-state index contributed by atoms with van der Waals surface area (Å²) in [4.78, 5) is 0. The molecule has 5 heteroatoms. The number of hydrogen-bond donors (Lipinski definition) is 0. The highest BCUT2D eigenvalue weighted by Crippen LogP contribution is 2.33. The zero-order chi connectivity index (χ0) is 14.1. The Kier molecular flexibility index (Phi) is 3.98. The Morgan fingerprint density at radius 2 is 2.05 bits per heavy atom. The SMILES string of the molecule is Fc1cc(OCc2cc(Br)cc3c2OCC3)ccc1Br. The van der Waals surface area contributed by atoms with Gasteiger partial charge in [-0.25, -0.2) is 4.39 Å². The second kappa shape index (κ2) is 5.74. The molecule has 0 spiro atoms. The highest BCUT2D eigenvalue weighted by Gasteiger charge is 2.17. The van der Waals surface area contributed by atoms with Crippen LogP contribution in [0.15, 0.2) is 39.3 Å². The highest BCUT2D eigenvalue weighted by atomic mass is 79.9. The molecule has 0 saturated carbocycles. The van der Waals surface area contributed by atoms with Crippen molar-refractivity contribution >= 4 is 31.9 Å². The zero-order valence-corrected chi connectivity index (χ0v) is 13.6. The lowest BCUT2D eigenvalue weighted by molar-refractivity contribution is 0.290. The fourth-order valence-corrected chi connectivity index (χ4v) is 2.98. The average molecular weight is 402 g/mol. The lowest BCUT2D eigenvalue weighted by atomic mass is 10.1. The van der Waals surface area contributed by atoms with E-state index in [9.17, 15) is 4.39 Å². The Labute approximate surface area is 133 Å². The summed E-state index contributed by atoms with van der Waals surface area (Å²) in [5, 5.41) is 0. The average Bonchev–Trinajstić information content (AvgIpc) is 2.88. The third kappa shape index (κ3) is 2.83. The molecule has 0 atom stereocenters. The van der Waals surface area contributed by atoms with E-state index in [-0.39, 0.29) is 5.82 Å². The minimum Gasteiger partial charge on any atom is -0.493 e. The molecule has 0 bridgehead atoms.